The Balaban J connectivity index is 1.64. The molecule has 2 aliphatic rings. The van der Waals surface area contributed by atoms with E-state index in [1.807, 2.05) is 0 Å². The summed E-state index contributed by atoms with van der Waals surface area (Å²) in [6.45, 7) is 1.91. The van der Waals surface area contributed by atoms with E-state index in [-0.39, 0.29) is 5.91 Å². The van der Waals surface area contributed by atoms with Crippen LogP contribution < -0.4 is 10.6 Å². The standard InChI is InChI=1S/C11H20N2O/c14-11(13-10-7-12-8-10)6-9-4-2-1-3-5-9/h9-10,12H,1-8H2,(H,13,14). The molecule has 1 heterocycles. The first-order valence-electron chi connectivity index (χ1n) is 5.84. The zero-order valence-corrected chi connectivity index (χ0v) is 8.72. The van der Waals surface area contributed by atoms with Crippen LogP contribution in [0.1, 0.15) is 38.5 Å². The highest BCUT2D eigenvalue weighted by Gasteiger charge is 2.21. The van der Waals surface area contributed by atoms with Crippen molar-refractivity contribution in [2.45, 2.75) is 44.6 Å². The predicted octanol–water partition coefficient (Wildman–Crippen LogP) is 1.04. The Morgan fingerprint density at radius 3 is 2.50 bits per heavy atom. The largest absolute Gasteiger partial charge is 0.351 e. The van der Waals surface area contributed by atoms with E-state index in [1.165, 1.54) is 32.1 Å². The van der Waals surface area contributed by atoms with Gasteiger partial charge in [-0.15, -0.1) is 0 Å². The molecule has 0 spiro atoms. The van der Waals surface area contributed by atoms with Crippen LogP contribution in [0.4, 0.5) is 0 Å². The average molecular weight is 196 g/mol. The first-order valence-corrected chi connectivity index (χ1v) is 5.84. The number of hydrogen-bond acceptors (Lipinski definition) is 2. The number of carbonyl (C=O) groups excluding carboxylic acids is 1. The molecular formula is C11H20N2O. The van der Waals surface area contributed by atoms with Gasteiger partial charge in [-0.3, -0.25) is 4.79 Å². The molecule has 3 nitrogen and oxygen atoms in total. The first-order chi connectivity index (χ1) is 6.84. The average Bonchev–Trinajstić information content (AvgIpc) is 2.13. The van der Waals surface area contributed by atoms with Crippen molar-refractivity contribution in [2.75, 3.05) is 13.1 Å². The van der Waals surface area contributed by atoms with Crippen molar-refractivity contribution >= 4 is 5.91 Å². The summed E-state index contributed by atoms with van der Waals surface area (Å²) in [5, 5.41) is 6.22. The number of amides is 1. The Kier molecular flexibility index (Phi) is 3.40. The van der Waals surface area contributed by atoms with Crippen LogP contribution in [-0.4, -0.2) is 25.0 Å². The van der Waals surface area contributed by atoms with Gasteiger partial charge in [-0.25, -0.2) is 0 Å². The van der Waals surface area contributed by atoms with Crippen molar-refractivity contribution in [1.29, 1.82) is 0 Å². The maximum Gasteiger partial charge on any atom is 0.220 e. The SMILES string of the molecule is O=C(CC1CCCCC1)NC1CNC1. The van der Waals surface area contributed by atoms with Gasteiger partial charge in [0.1, 0.15) is 0 Å². The number of hydrogen-bond donors (Lipinski definition) is 2. The van der Waals surface area contributed by atoms with Gasteiger partial charge in [0.05, 0.1) is 6.04 Å². The quantitative estimate of drug-likeness (QED) is 0.708. The second-order valence-corrected chi connectivity index (χ2v) is 4.63. The predicted molar refractivity (Wildman–Crippen MR) is 56.0 cm³/mol. The van der Waals surface area contributed by atoms with E-state index in [0.717, 1.165) is 19.5 Å². The third-order valence-electron chi connectivity index (χ3n) is 3.35. The molecule has 1 amide bonds. The molecule has 0 bridgehead atoms. The van der Waals surface area contributed by atoms with Crippen molar-refractivity contribution in [3.05, 3.63) is 0 Å². The minimum absolute atomic E-state index is 0.267. The van der Waals surface area contributed by atoms with E-state index in [0.29, 0.717) is 12.0 Å². The van der Waals surface area contributed by atoms with Crippen molar-refractivity contribution in [3.63, 3.8) is 0 Å². The summed E-state index contributed by atoms with van der Waals surface area (Å²) in [5.41, 5.74) is 0. The van der Waals surface area contributed by atoms with Gasteiger partial charge < -0.3 is 10.6 Å². The monoisotopic (exact) mass is 196 g/mol. The van der Waals surface area contributed by atoms with Crippen molar-refractivity contribution < 1.29 is 4.79 Å². The zero-order valence-electron chi connectivity index (χ0n) is 8.72. The lowest BCUT2D eigenvalue weighted by molar-refractivity contribution is -0.123. The molecule has 80 valence electrons. The molecule has 0 aromatic carbocycles. The Hall–Kier alpha value is -0.570. The maximum atomic E-state index is 11.6. The maximum absolute atomic E-state index is 11.6. The lowest BCUT2D eigenvalue weighted by atomic mass is 9.87. The molecule has 1 aliphatic carbocycles. The first kappa shape index (κ1) is 9.97. The Labute approximate surface area is 85.6 Å². The summed E-state index contributed by atoms with van der Waals surface area (Å²) < 4.78 is 0. The summed E-state index contributed by atoms with van der Waals surface area (Å²) in [4.78, 5) is 11.6. The molecule has 0 aromatic heterocycles. The summed E-state index contributed by atoms with van der Waals surface area (Å²) in [6.07, 6.45) is 7.29. The molecule has 14 heavy (non-hydrogen) atoms. The fraction of sp³-hybridized carbons (Fsp3) is 0.909. The topological polar surface area (TPSA) is 41.1 Å². The molecule has 3 heteroatoms. The van der Waals surface area contributed by atoms with E-state index in [4.69, 9.17) is 0 Å². The van der Waals surface area contributed by atoms with Crippen LogP contribution in [-0.2, 0) is 4.79 Å². The highest BCUT2D eigenvalue weighted by Crippen LogP contribution is 2.26. The van der Waals surface area contributed by atoms with Gasteiger partial charge in [0.15, 0.2) is 0 Å². The van der Waals surface area contributed by atoms with Crippen LogP contribution in [0.5, 0.6) is 0 Å². The highest BCUT2D eigenvalue weighted by molar-refractivity contribution is 5.76. The fourth-order valence-electron chi connectivity index (χ4n) is 2.33. The van der Waals surface area contributed by atoms with E-state index < -0.39 is 0 Å². The van der Waals surface area contributed by atoms with Gasteiger partial charge in [0.25, 0.3) is 0 Å². The third kappa shape index (κ3) is 2.71. The number of carbonyl (C=O) groups is 1. The van der Waals surface area contributed by atoms with Gasteiger partial charge >= 0.3 is 0 Å². The third-order valence-corrected chi connectivity index (χ3v) is 3.35. The molecule has 2 rings (SSSR count). The van der Waals surface area contributed by atoms with E-state index in [1.54, 1.807) is 0 Å². The molecule has 2 N–H and O–H groups in total. The van der Waals surface area contributed by atoms with Gasteiger partial charge in [-0.05, 0) is 18.8 Å². The summed E-state index contributed by atoms with van der Waals surface area (Å²) in [6, 6.07) is 0.408. The minimum Gasteiger partial charge on any atom is -0.351 e. The highest BCUT2D eigenvalue weighted by atomic mass is 16.1. The lowest BCUT2D eigenvalue weighted by Gasteiger charge is -2.29. The number of rotatable bonds is 3. The van der Waals surface area contributed by atoms with Crippen molar-refractivity contribution in [1.82, 2.24) is 10.6 Å². The van der Waals surface area contributed by atoms with Gasteiger partial charge in [0, 0.05) is 19.5 Å². The molecule has 0 radical (unpaired) electrons. The zero-order chi connectivity index (χ0) is 9.80. The van der Waals surface area contributed by atoms with Crippen LogP contribution in [0.15, 0.2) is 0 Å². The van der Waals surface area contributed by atoms with Crippen LogP contribution in [0, 0.1) is 5.92 Å². The summed E-state index contributed by atoms with van der Waals surface area (Å²) in [5.74, 6) is 0.931. The molecule has 0 unspecified atom stereocenters. The lowest BCUT2D eigenvalue weighted by Crippen LogP contribution is -2.57. The van der Waals surface area contributed by atoms with Crippen LogP contribution in [0.2, 0.25) is 0 Å². The van der Waals surface area contributed by atoms with E-state index in [2.05, 4.69) is 10.6 Å². The molecule has 0 atom stereocenters. The van der Waals surface area contributed by atoms with Crippen molar-refractivity contribution in [3.8, 4) is 0 Å². The molecular weight excluding hydrogens is 176 g/mol. The van der Waals surface area contributed by atoms with Crippen molar-refractivity contribution in [2.24, 2.45) is 5.92 Å². The molecule has 1 aliphatic heterocycles. The van der Waals surface area contributed by atoms with Crippen LogP contribution in [0.25, 0.3) is 0 Å². The van der Waals surface area contributed by atoms with Gasteiger partial charge in [0.2, 0.25) is 5.91 Å². The second-order valence-electron chi connectivity index (χ2n) is 4.63. The Morgan fingerprint density at radius 1 is 1.21 bits per heavy atom. The molecule has 0 aromatic rings. The van der Waals surface area contributed by atoms with Gasteiger partial charge in [-0.1, -0.05) is 19.3 Å². The Morgan fingerprint density at radius 2 is 1.93 bits per heavy atom. The second kappa shape index (κ2) is 4.78. The van der Waals surface area contributed by atoms with Gasteiger partial charge in [-0.2, -0.15) is 0 Å². The van der Waals surface area contributed by atoms with Crippen LogP contribution in [0.3, 0.4) is 0 Å². The van der Waals surface area contributed by atoms with E-state index in [9.17, 15) is 4.79 Å². The van der Waals surface area contributed by atoms with Crippen LogP contribution >= 0.6 is 0 Å². The molecule has 2 fully saturated rings. The summed E-state index contributed by atoms with van der Waals surface area (Å²) in [7, 11) is 0. The normalized spacial score (nSPS) is 24.3. The molecule has 1 saturated heterocycles. The van der Waals surface area contributed by atoms with E-state index >= 15 is 0 Å². The Bertz CT molecular complexity index is 195. The minimum atomic E-state index is 0.267. The fourth-order valence-corrected chi connectivity index (χ4v) is 2.33. The number of nitrogens with one attached hydrogen (secondary N) is 2. The molecule has 1 saturated carbocycles. The summed E-state index contributed by atoms with van der Waals surface area (Å²) >= 11 is 0. The smallest absolute Gasteiger partial charge is 0.220 e.